The second kappa shape index (κ2) is 8.06. The summed E-state index contributed by atoms with van der Waals surface area (Å²) in [7, 11) is 0. The van der Waals surface area contributed by atoms with Crippen LogP contribution in [0.4, 0.5) is 0 Å². The van der Waals surface area contributed by atoms with E-state index in [9.17, 15) is 4.79 Å². The maximum Gasteiger partial charge on any atom is 0.224 e. The van der Waals surface area contributed by atoms with E-state index in [1.54, 1.807) is 18.2 Å². The molecule has 0 radical (unpaired) electrons. The smallest absolute Gasteiger partial charge is 0.224 e. The number of amides is 1. The van der Waals surface area contributed by atoms with Crippen molar-refractivity contribution in [3.63, 3.8) is 0 Å². The van der Waals surface area contributed by atoms with Crippen LogP contribution in [0.15, 0.2) is 48.5 Å². The van der Waals surface area contributed by atoms with Gasteiger partial charge in [-0.2, -0.15) is 0 Å². The fraction of sp³-hybridized carbons (Fsp3) is 0.235. The van der Waals surface area contributed by atoms with Gasteiger partial charge >= 0.3 is 0 Å². The molecular formula is C17H17Cl2NO. The molecule has 0 saturated carbocycles. The minimum absolute atomic E-state index is 0.0210. The standard InChI is InChI=1S/C17H17Cl2NO/c18-15-9-8-14(16(19)12-15)11-17(21)20-10-4-7-13-5-2-1-3-6-13/h1-3,5-6,8-9,12H,4,7,10-11H2,(H,20,21). The SMILES string of the molecule is O=C(Cc1ccc(Cl)cc1Cl)NCCCc1ccccc1. The molecule has 0 fully saturated rings. The molecule has 1 N–H and O–H groups in total. The van der Waals surface area contributed by atoms with Gasteiger partial charge in [0.1, 0.15) is 0 Å². The van der Waals surface area contributed by atoms with Crippen molar-refractivity contribution in [3.05, 3.63) is 69.7 Å². The van der Waals surface area contributed by atoms with E-state index in [1.807, 2.05) is 18.2 Å². The average molecular weight is 322 g/mol. The highest BCUT2D eigenvalue weighted by Crippen LogP contribution is 2.21. The zero-order valence-corrected chi connectivity index (χ0v) is 13.1. The van der Waals surface area contributed by atoms with E-state index >= 15 is 0 Å². The lowest BCUT2D eigenvalue weighted by Crippen LogP contribution is -2.26. The molecule has 2 aromatic rings. The first-order valence-electron chi connectivity index (χ1n) is 6.90. The fourth-order valence-corrected chi connectivity index (χ4v) is 2.54. The van der Waals surface area contributed by atoms with E-state index in [1.165, 1.54) is 5.56 Å². The molecular weight excluding hydrogens is 305 g/mol. The van der Waals surface area contributed by atoms with Crippen molar-refractivity contribution >= 4 is 29.1 Å². The third-order valence-corrected chi connectivity index (χ3v) is 3.76. The first-order chi connectivity index (χ1) is 10.1. The number of hydrogen-bond acceptors (Lipinski definition) is 1. The molecule has 0 aliphatic carbocycles. The summed E-state index contributed by atoms with van der Waals surface area (Å²) in [5.74, 6) is -0.0210. The number of carbonyl (C=O) groups excluding carboxylic acids is 1. The van der Waals surface area contributed by atoms with Crippen LogP contribution in [0.25, 0.3) is 0 Å². The third kappa shape index (κ3) is 5.41. The molecule has 0 aromatic heterocycles. The van der Waals surface area contributed by atoms with E-state index in [4.69, 9.17) is 23.2 Å². The van der Waals surface area contributed by atoms with E-state index in [2.05, 4.69) is 17.4 Å². The third-order valence-electron chi connectivity index (χ3n) is 3.17. The van der Waals surface area contributed by atoms with Crippen molar-refractivity contribution in [2.75, 3.05) is 6.54 Å². The molecule has 110 valence electrons. The molecule has 2 nitrogen and oxygen atoms in total. The number of benzene rings is 2. The van der Waals surface area contributed by atoms with E-state index in [-0.39, 0.29) is 12.3 Å². The Kier molecular flexibility index (Phi) is 6.09. The molecule has 0 aliphatic rings. The predicted molar refractivity (Wildman–Crippen MR) is 87.9 cm³/mol. The summed E-state index contributed by atoms with van der Waals surface area (Å²) in [6.45, 7) is 0.666. The Hall–Kier alpha value is -1.51. The normalized spacial score (nSPS) is 10.4. The lowest BCUT2D eigenvalue weighted by atomic mass is 10.1. The number of hydrogen-bond donors (Lipinski definition) is 1. The molecule has 0 heterocycles. The molecule has 0 atom stereocenters. The minimum Gasteiger partial charge on any atom is -0.356 e. The van der Waals surface area contributed by atoms with Gasteiger partial charge in [0.2, 0.25) is 5.91 Å². The quantitative estimate of drug-likeness (QED) is 0.790. The zero-order valence-electron chi connectivity index (χ0n) is 11.6. The lowest BCUT2D eigenvalue weighted by Gasteiger charge is -2.07. The highest BCUT2D eigenvalue weighted by molar-refractivity contribution is 6.35. The summed E-state index contributed by atoms with van der Waals surface area (Å²) in [6, 6.07) is 15.4. The van der Waals surface area contributed by atoms with E-state index in [0.29, 0.717) is 16.6 Å². The number of nitrogens with one attached hydrogen (secondary N) is 1. The Balaban J connectivity index is 1.72. The van der Waals surface area contributed by atoms with Crippen molar-refractivity contribution in [1.82, 2.24) is 5.32 Å². The van der Waals surface area contributed by atoms with Crippen LogP contribution < -0.4 is 5.32 Å². The van der Waals surface area contributed by atoms with Gasteiger partial charge in [-0.3, -0.25) is 4.79 Å². The van der Waals surface area contributed by atoms with Crippen LogP contribution in [0.5, 0.6) is 0 Å². The Morgan fingerprint density at radius 2 is 1.81 bits per heavy atom. The Morgan fingerprint density at radius 1 is 1.05 bits per heavy atom. The van der Waals surface area contributed by atoms with Crippen LogP contribution in [0.1, 0.15) is 17.5 Å². The van der Waals surface area contributed by atoms with Crippen molar-refractivity contribution in [2.45, 2.75) is 19.3 Å². The van der Waals surface area contributed by atoms with Gasteiger partial charge in [-0.25, -0.2) is 0 Å². The monoisotopic (exact) mass is 321 g/mol. The van der Waals surface area contributed by atoms with Gasteiger partial charge in [-0.1, -0.05) is 59.6 Å². The van der Waals surface area contributed by atoms with Crippen LogP contribution in [-0.2, 0) is 17.6 Å². The largest absolute Gasteiger partial charge is 0.356 e. The second-order valence-corrected chi connectivity index (χ2v) is 5.70. The number of rotatable bonds is 6. The highest BCUT2D eigenvalue weighted by atomic mass is 35.5. The molecule has 0 aliphatic heterocycles. The molecule has 21 heavy (non-hydrogen) atoms. The summed E-state index contributed by atoms with van der Waals surface area (Å²) in [6.07, 6.45) is 2.16. The summed E-state index contributed by atoms with van der Waals surface area (Å²) in [5.41, 5.74) is 2.08. The van der Waals surface area contributed by atoms with Gasteiger partial charge in [0.05, 0.1) is 6.42 Å². The van der Waals surface area contributed by atoms with E-state index in [0.717, 1.165) is 18.4 Å². The average Bonchev–Trinajstić information content (AvgIpc) is 2.48. The van der Waals surface area contributed by atoms with Gasteiger partial charge in [0, 0.05) is 16.6 Å². The zero-order chi connectivity index (χ0) is 15.1. The molecule has 4 heteroatoms. The first-order valence-corrected chi connectivity index (χ1v) is 7.65. The van der Waals surface area contributed by atoms with Crippen LogP contribution in [0.3, 0.4) is 0 Å². The maximum absolute atomic E-state index is 11.9. The topological polar surface area (TPSA) is 29.1 Å². The van der Waals surface area contributed by atoms with Gasteiger partial charge in [-0.15, -0.1) is 0 Å². The second-order valence-electron chi connectivity index (χ2n) is 4.85. The summed E-state index contributed by atoms with van der Waals surface area (Å²) < 4.78 is 0. The van der Waals surface area contributed by atoms with Gasteiger partial charge in [0.15, 0.2) is 0 Å². The van der Waals surface area contributed by atoms with Crippen LogP contribution in [0, 0.1) is 0 Å². The van der Waals surface area contributed by atoms with Crippen molar-refractivity contribution in [2.24, 2.45) is 0 Å². The van der Waals surface area contributed by atoms with Crippen LogP contribution in [-0.4, -0.2) is 12.5 Å². The Bertz CT molecular complexity index is 599. The Morgan fingerprint density at radius 3 is 2.52 bits per heavy atom. The van der Waals surface area contributed by atoms with Crippen molar-refractivity contribution in [3.8, 4) is 0 Å². The predicted octanol–water partition coefficient (Wildman–Crippen LogP) is 4.28. The summed E-state index contributed by atoms with van der Waals surface area (Å²) >= 11 is 11.9. The molecule has 2 aromatic carbocycles. The Labute approximate surface area is 135 Å². The van der Waals surface area contributed by atoms with Crippen LogP contribution in [0.2, 0.25) is 10.0 Å². The van der Waals surface area contributed by atoms with Crippen molar-refractivity contribution in [1.29, 1.82) is 0 Å². The lowest BCUT2D eigenvalue weighted by molar-refractivity contribution is -0.120. The number of aryl methyl sites for hydroxylation is 1. The molecule has 0 unspecified atom stereocenters. The van der Waals surface area contributed by atoms with Crippen molar-refractivity contribution < 1.29 is 4.79 Å². The molecule has 0 bridgehead atoms. The molecule has 2 rings (SSSR count). The summed E-state index contributed by atoms with van der Waals surface area (Å²) in [4.78, 5) is 11.9. The van der Waals surface area contributed by atoms with E-state index < -0.39 is 0 Å². The van der Waals surface area contributed by atoms with Gasteiger partial charge in [0.25, 0.3) is 0 Å². The van der Waals surface area contributed by atoms with Crippen LogP contribution >= 0.6 is 23.2 Å². The minimum atomic E-state index is -0.0210. The molecule has 1 amide bonds. The number of halogens is 2. The number of carbonyl (C=O) groups is 1. The first kappa shape index (κ1) is 15.9. The molecule has 0 spiro atoms. The van der Waals surface area contributed by atoms with Gasteiger partial charge in [-0.05, 0) is 36.1 Å². The fourth-order valence-electron chi connectivity index (χ4n) is 2.07. The molecule has 0 saturated heterocycles. The maximum atomic E-state index is 11.9. The summed E-state index contributed by atoms with van der Waals surface area (Å²) in [5, 5.41) is 4.02. The highest BCUT2D eigenvalue weighted by Gasteiger charge is 2.07. The van der Waals surface area contributed by atoms with Gasteiger partial charge < -0.3 is 5.32 Å².